The van der Waals surface area contributed by atoms with Crippen molar-refractivity contribution in [2.24, 2.45) is 0 Å². The number of rotatable bonds is 2. The fourth-order valence-electron chi connectivity index (χ4n) is 1.87. The summed E-state index contributed by atoms with van der Waals surface area (Å²) in [6.07, 6.45) is -0.491. The molecule has 6 heteroatoms. The molecular formula is C12H13N3O3. The first kappa shape index (κ1) is 12.3. The molecule has 0 spiro atoms. The van der Waals surface area contributed by atoms with Gasteiger partial charge in [0.15, 0.2) is 6.10 Å². The van der Waals surface area contributed by atoms with Crippen LogP contribution in [-0.2, 0) is 4.74 Å². The quantitative estimate of drug-likeness (QED) is 0.832. The minimum Gasteiger partial charge on any atom is -0.478 e. The highest BCUT2D eigenvalue weighted by Crippen LogP contribution is 2.18. The fourth-order valence-corrected chi connectivity index (χ4v) is 1.87. The molecule has 1 unspecified atom stereocenters. The number of hydrogen-bond acceptors (Lipinski definition) is 5. The van der Waals surface area contributed by atoms with E-state index in [-0.39, 0.29) is 5.56 Å². The highest BCUT2D eigenvalue weighted by molar-refractivity contribution is 5.88. The number of aryl methyl sites for hydroxylation is 1. The summed E-state index contributed by atoms with van der Waals surface area (Å²) in [7, 11) is 0. The molecule has 0 aromatic carbocycles. The van der Waals surface area contributed by atoms with Gasteiger partial charge in [-0.05, 0) is 19.1 Å². The average molecular weight is 247 g/mol. The maximum Gasteiger partial charge on any atom is 0.335 e. The van der Waals surface area contributed by atoms with E-state index in [9.17, 15) is 4.79 Å². The van der Waals surface area contributed by atoms with E-state index in [2.05, 4.69) is 4.98 Å². The second-order valence-corrected chi connectivity index (χ2v) is 4.10. The minimum atomic E-state index is -0.980. The summed E-state index contributed by atoms with van der Waals surface area (Å²) >= 11 is 0. The zero-order valence-corrected chi connectivity index (χ0v) is 9.96. The predicted octanol–water partition coefficient (Wildman–Crippen LogP) is 0.817. The van der Waals surface area contributed by atoms with E-state index >= 15 is 0 Å². The van der Waals surface area contributed by atoms with E-state index in [4.69, 9.17) is 15.1 Å². The molecule has 1 N–H and O–H groups in total. The summed E-state index contributed by atoms with van der Waals surface area (Å²) in [6.45, 7) is 3.20. The number of aromatic carboxylic acids is 1. The van der Waals surface area contributed by atoms with E-state index in [1.54, 1.807) is 6.92 Å². The third-order valence-corrected chi connectivity index (χ3v) is 2.72. The number of aromatic nitrogens is 1. The van der Waals surface area contributed by atoms with Gasteiger partial charge in [-0.25, -0.2) is 9.78 Å². The SMILES string of the molecule is Cc1cc(C(=O)O)cc(N2CCOC(C#N)C2)n1. The van der Waals surface area contributed by atoms with Crippen LogP contribution in [0, 0.1) is 18.3 Å². The molecule has 6 nitrogen and oxygen atoms in total. The molecule has 1 atom stereocenters. The zero-order valence-electron chi connectivity index (χ0n) is 9.96. The first-order valence-corrected chi connectivity index (χ1v) is 5.58. The van der Waals surface area contributed by atoms with E-state index in [1.165, 1.54) is 12.1 Å². The Morgan fingerprint density at radius 2 is 2.44 bits per heavy atom. The molecule has 1 aromatic heterocycles. The van der Waals surface area contributed by atoms with Gasteiger partial charge < -0.3 is 14.7 Å². The van der Waals surface area contributed by atoms with Crippen LogP contribution in [-0.4, -0.2) is 41.9 Å². The van der Waals surface area contributed by atoms with Crippen LogP contribution in [0.25, 0.3) is 0 Å². The molecule has 2 heterocycles. The number of carbonyl (C=O) groups is 1. The Balaban J connectivity index is 2.27. The lowest BCUT2D eigenvalue weighted by Gasteiger charge is -2.30. The van der Waals surface area contributed by atoms with Crippen LogP contribution in [0.15, 0.2) is 12.1 Å². The second kappa shape index (κ2) is 5.02. The maximum absolute atomic E-state index is 11.0. The van der Waals surface area contributed by atoms with Gasteiger partial charge >= 0.3 is 5.97 Å². The van der Waals surface area contributed by atoms with Crippen molar-refractivity contribution >= 4 is 11.8 Å². The smallest absolute Gasteiger partial charge is 0.335 e. The first-order chi connectivity index (χ1) is 8.60. The van der Waals surface area contributed by atoms with Crippen molar-refractivity contribution in [1.29, 1.82) is 5.26 Å². The van der Waals surface area contributed by atoms with Gasteiger partial charge in [0.2, 0.25) is 0 Å². The second-order valence-electron chi connectivity index (χ2n) is 4.10. The van der Waals surface area contributed by atoms with Gasteiger partial charge in [0.05, 0.1) is 24.8 Å². The topological polar surface area (TPSA) is 86.5 Å². The molecule has 0 radical (unpaired) electrons. The van der Waals surface area contributed by atoms with Gasteiger partial charge in [0, 0.05) is 12.2 Å². The number of ether oxygens (including phenoxy) is 1. The van der Waals surface area contributed by atoms with Gasteiger partial charge in [-0.15, -0.1) is 0 Å². The Morgan fingerprint density at radius 1 is 1.67 bits per heavy atom. The molecule has 94 valence electrons. The van der Waals surface area contributed by atoms with Crippen molar-refractivity contribution in [3.63, 3.8) is 0 Å². The van der Waals surface area contributed by atoms with Gasteiger partial charge in [0.25, 0.3) is 0 Å². The van der Waals surface area contributed by atoms with Crippen LogP contribution >= 0.6 is 0 Å². The Morgan fingerprint density at radius 3 is 3.11 bits per heavy atom. The van der Waals surface area contributed by atoms with Gasteiger partial charge in [-0.1, -0.05) is 0 Å². The van der Waals surface area contributed by atoms with Gasteiger partial charge in [-0.3, -0.25) is 0 Å². The lowest BCUT2D eigenvalue weighted by atomic mass is 10.2. The van der Waals surface area contributed by atoms with Crippen LogP contribution in [0.1, 0.15) is 16.1 Å². The Kier molecular flexibility index (Phi) is 3.44. The molecular weight excluding hydrogens is 234 g/mol. The van der Waals surface area contributed by atoms with Crippen LogP contribution in [0.4, 0.5) is 5.82 Å². The number of carboxylic acid groups (broad SMARTS) is 1. The van der Waals surface area contributed by atoms with Crippen molar-refractivity contribution in [1.82, 2.24) is 4.98 Å². The van der Waals surface area contributed by atoms with Gasteiger partial charge in [-0.2, -0.15) is 5.26 Å². The van der Waals surface area contributed by atoms with Crippen molar-refractivity contribution in [3.05, 3.63) is 23.4 Å². The number of pyridine rings is 1. The molecule has 0 saturated carbocycles. The average Bonchev–Trinajstić information content (AvgIpc) is 2.38. The minimum absolute atomic E-state index is 0.206. The van der Waals surface area contributed by atoms with E-state index in [0.29, 0.717) is 31.2 Å². The number of nitrogens with zero attached hydrogens (tertiary/aromatic N) is 3. The van der Waals surface area contributed by atoms with Crippen molar-refractivity contribution in [3.8, 4) is 6.07 Å². The standard InChI is InChI=1S/C12H13N3O3/c1-8-4-9(12(16)17)5-11(14-8)15-2-3-18-10(6-13)7-15/h4-5,10H,2-3,7H2,1H3,(H,16,17). The van der Waals surface area contributed by atoms with Crippen molar-refractivity contribution in [2.45, 2.75) is 13.0 Å². The predicted molar refractivity (Wildman–Crippen MR) is 63.5 cm³/mol. The number of anilines is 1. The summed E-state index contributed by atoms with van der Waals surface area (Å²) in [4.78, 5) is 17.2. The molecule has 1 aromatic rings. The monoisotopic (exact) mass is 247 g/mol. The molecule has 0 bridgehead atoms. The normalized spacial score (nSPS) is 19.3. The van der Waals surface area contributed by atoms with E-state index in [0.717, 1.165) is 0 Å². The Bertz CT molecular complexity index is 510. The first-order valence-electron chi connectivity index (χ1n) is 5.58. The Labute approximate surface area is 104 Å². The molecule has 1 saturated heterocycles. The molecule has 2 rings (SSSR count). The van der Waals surface area contributed by atoms with E-state index in [1.807, 2.05) is 11.0 Å². The van der Waals surface area contributed by atoms with Gasteiger partial charge in [0.1, 0.15) is 5.82 Å². The highest BCUT2D eigenvalue weighted by atomic mass is 16.5. The largest absolute Gasteiger partial charge is 0.478 e. The number of carboxylic acids is 1. The number of nitriles is 1. The molecule has 18 heavy (non-hydrogen) atoms. The molecule has 0 aliphatic carbocycles. The van der Waals surface area contributed by atoms with Crippen LogP contribution < -0.4 is 4.90 Å². The number of morpholine rings is 1. The molecule has 1 fully saturated rings. The highest BCUT2D eigenvalue weighted by Gasteiger charge is 2.22. The summed E-state index contributed by atoms with van der Waals surface area (Å²) in [5, 5.41) is 17.8. The summed E-state index contributed by atoms with van der Waals surface area (Å²) in [6, 6.07) is 5.09. The third kappa shape index (κ3) is 2.57. The molecule has 1 aliphatic heterocycles. The van der Waals surface area contributed by atoms with Crippen LogP contribution in [0.5, 0.6) is 0 Å². The summed E-state index contributed by atoms with van der Waals surface area (Å²) in [5.41, 5.74) is 0.849. The zero-order chi connectivity index (χ0) is 13.1. The maximum atomic E-state index is 11.0. The van der Waals surface area contributed by atoms with Crippen LogP contribution in [0.3, 0.4) is 0 Å². The molecule has 0 amide bonds. The summed E-state index contributed by atoms with van der Waals surface area (Å²) in [5.74, 6) is -0.400. The lowest BCUT2D eigenvalue weighted by molar-refractivity contribution is 0.0696. The Hall–Kier alpha value is -2.13. The lowest BCUT2D eigenvalue weighted by Crippen LogP contribution is -2.42. The van der Waals surface area contributed by atoms with Crippen LogP contribution in [0.2, 0.25) is 0 Å². The van der Waals surface area contributed by atoms with E-state index < -0.39 is 12.1 Å². The van der Waals surface area contributed by atoms with Crippen molar-refractivity contribution in [2.75, 3.05) is 24.6 Å². The van der Waals surface area contributed by atoms with Crippen molar-refractivity contribution < 1.29 is 14.6 Å². The summed E-state index contributed by atoms with van der Waals surface area (Å²) < 4.78 is 5.24. The fraction of sp³-hybridized carbons (Fsp3) is 0.417. The number of hydrogen-bond donors (Lipinski definition) is 1. The molecule has 1 aliphatic rings. The third-order valence-electron chi connectivity index (χ3n) is 2.72.